The molecule has 3 aromatic rings. The van der Waals surface area contributed by atoms with Crippen molar-refractivity contribution in [2.45, 2.75) is 13.3 Å². The van der Waals surface area contributed by atoms with Gasteiger partial charge in [0.25, 0.3) is 5.91 Å². The predicted molar refractivity (Wildman–Crippen MR) is 122 cm³/mol. The van der Waals surface area contributed by atoms with E-state index in [4.69, 9.17) is 4.98 Å². The second-order valence-corrected chi connectivity index (χ2v) is 10.1. The van der Waals surface area contributed by atoms with Crippen molar-refractivity contribution >= 4 is 27.3 Å². The molecule has 6 nitrogen and oxygen atoms in total. The summed E-state index contributed by atoms with van der Waals surface area (Å²) < 4.78 is 25.0. The van der Waals surface area contributed by atoms with E-state index in [1.807, 2.05) is 60.7 Å². The molecule has 0 atom stereocenters. The van der Waals surface area contributed by atoms with Crippen LogP contribution >= 0.6 is 11.3 Å². The first-order valence-corrected chi connectivity index (χ1v) is 12.2. The summed E-state index contributed by atoms with van der Waals surface area (Å²) in [5, 5.41) is 3.69. The van der Waals surface area contributed by atoms with Crippen LogP contribution in [0.5, 0.6) is 0 Å². The van der Waals surface area contributed by atoms with E-state index in [9.17, 15) is 13.2 Å². The molecule has 0 saturated heterocycles. The minimum atomic E-state index is -3.21. The number of sulfonamides is 1. The molecule has 0 aliphatic heterocycles. The summed E-state index contributed by atoms with van der Waals surface area (Å²) in [4.78, 5) is 18.2. The normalized spacial score (nSPS) is 11.6. The average molecular weight is 444 g/mol. The van der Waals surface area contributed by atoms with Gasteiger partial charge < -0.3 is 5.32 Å². The second-order valence-electron chi connectivity index (χ2n) is 6.76. The van der Waals surface area contributed by atoms with E-state index in [2.05, 4.69) is 5.32 Å². The van der Waals surface area contributed by atoms with E-state index < -0.39 is 10.0 Å². The highest BCUT2D eigenvalue weighted by molar-refractivity contribution is 7.89. The van der Waals surface area contributed by atoms with Gasteiger partial charge in [-0.3, -0.25) is 4.79 Å². The number of rotatable bonds is 9. The van der Waals surface area contributed by atoms with Gasteiger partial charge in [0.05, 0.1) is 11.4 Å². The van der Waals surface area contributed by atoms with Gasteiger partial charge in [-0.25, -0.2) is 17.7 Å². The molecule has 0 spiro atoms. The van der Waals surface area contributed by atoms with Crippen molar-refractivity contribution in [3.63, 3.8) is 0 Å². The molecule has 1 N–H and O–H groups in total. The van der Waals surface area contributed by atoms with E-state index in [-0.39, 0.29) is 11.7 Å². The van der Waals surface area contributed by atoms with Crippen molar-refractivity contribution in [2.75, 3.05) is 25.9 Å². The van der Waals surface area contributed by atoms with Gasteiger partial charge in [0.15, 0.2) is 0 Å². The number of benzene rings is 2. The number of carbonyl (C=O) groups is 1. The van der Waals surface area contributed by atoms with Crippen molar-refractivity contribution < 1.29 is 13.2 Å². The molecule has 1 aromatic heterocycles. The lowest BCUT2D eigenvalue weighted by Crippen LogP contribution is -2.32. The fourth-order valence-corrected chi connectivity index (χ4v) is 4.77. The van der Waals surface area contributed by atoms with Crippen molar-refractivity contribution in [1.29, 1.82) is 0 Å². The van der Waals surface area contributed by atoms with E-state index in [0.29, 0.717) is 30.1 Å². The minimum Gasteiger partial charge on any atom is -0.351 e. The zero-order valence-electron chi connectivity index (χ0n) is 17.0. The van der Waals surface area contributed by atoms with Crippen molar-refractivity contribution in [2.24, 2.45) is 0 Å². The monoisotopic (exact) mass is 443 g/mol. The minimum absolute atomic E-state index is 0.0689. The maximum atomic E-state index is 12.9. The molecule has 0 radical (unpaired) electrons. The van der Waals surface area contributed by atoms with Crippen LogP contribution in [0.15, 0.2) is 60.7 Å². The molecule has 2 aromatic carbocycles. The molecule has 0 bridgehead atoms. The average Bonchev–Trinajstić information content (AvgIpc) is 3.23. The number of hydrogen-bond donors (Lipinski definition) is 1. The zero-order chi connectivity index (χ0) is 21.6. The van der Waals surface area contributed by atoms with Gasteiger partial charge in [-0.15, -0.1) is 11.3 Å². The van der Waals surface area contributed by atoms with Crippen LogP contribution in [0.3, 0.4) is 0 Å². The Morgan fingerprint density at radius 3 is 2.23 bits per heavy atom. The summed E-state index contributed by atoms with van der Waals surface area (Å²) in [6, 6.07) is 19.4. The molecule has 0 saturated carbocycles. The third-order valence-electron chi connectivity index (χ3n) is 4.68. The number of hydrogen-bond acceptors (Lipinski definition) is 5. The largest absolute Gasteiger partial charge is 0.351 e. The first kappa shape index (κ1) is 22.1. The first-order valence-electron chi connectivity index (χ1n) is 9.76. The van der Waals surface area contributed by atoms with Crippen LogP contribution in [0.4, 0.5) is 0 Å². The fraction of sp³-hybridized carbons (Fsp3) is 0.273. The molecule has 0 fully saturated rings. The summed E-state index contributed by atoms with van der Waals surface area (Å²) in [7, 11) is -1.65. The van der Waals surface area contributed by atoms with Crippen LogP contribution in [0.1, 0.15) is 23.0 Å². The van der Waals surface area contributed by atoms with Crippen LogP contribution in [0.2, 0.25) is 0 Å². The van der Waals surface area contributed by atoms with E-state index >= 15 is 0 Å². The molecule has 0 unspecified atom stereocenters. The van der Waals surface area contributed by atoms with E-state index in [1.165, 1.54) is 15.6 Å². The highest BCUT2D eigenvalue weighted by Crippen LogP contribution is 2.33. The number of nitrogens with zero attached hydrogens (tertiary/aromatic N) is 2. The Morgan fingerprint density at radius 2 is 1.63 bits per heavy atom. The van der Waals surface area contributed by atoms with Crippen LogP contribution in [0.25, 0.3) is 21.8 Å². The lowest BCUT2D eigenvalue weighted by atomic mass is 10.1. The van der Waals surface area contributed by atoms with Gasteiger partial charge in [-0.05, 0) is 13.3 Å². The standard InChI is InChI=1S/C22H25N3O3S2/c1-3-30(27,28)25(2)16-10-15-23-21(26)20-19(17-11-6-4-7-12-17)24-22(29-20)18-13-8-5-9-14-18/h4-9,11-14H,3,10,15-16H2,1-2H3,(H,23,26). The van der Waals surface area contributed by atoms with Crippen LogP contribution in [-0.4, -0.2) is 49.5 Å². The van der Waals surface area contributed by atoms with Crippen molar-refractivity contribution in [1.82, 2.24) is 14.6 Å². The lowest BCUT2D eigenvalue weighted by Gasteiger charge is -2.15. The Hall–Kier alpha value is -2.55. The van der Waals surface area contributed by atoms with Gasteiger partial charge in [-0.1, -0.05) is 60.7 Å². The highest BCUT2D eigenvalue weighted by Gasteiger charge is 2.20. The first-order chi connectivity index (χ1) is 14.4. The number of nitrogens with one attached hydrogen (secondary N) is 1. The lowest BCUT2D eigenvalue weighted by molar-refractivity contribution is 0.0957. The Kier molecular flexibility index (Phi) is 7.36. The molecule has 1 amide bonds. The predicted octanol–water partition coefficient (Wildman–Crippen LogP) is 3.88. The highest BCUT2D eigenvalue weighted by atomic mass is 32.2. The molecule has 0 aliphatic rings. The summed E-state index contributed by atoms with van der Waals surface area (Å²) in [6.07, 6.45) is 0.534. The van der Waals surface area contributed by atoms with E-state index in [1.54, 1.807) is 14.0 Å². The van der Waals surface area contributed by atoms with Crippen LogP contribution in [-0.2, 0) is 10.0 Å². The Balaban J connectivity index is 1.75. The number of carbonyl (C=O) groups excluding carboxylic acids is 1. The molecule has 1 heterocycles. The second kappa shape index (κ2) is 9.97. The van der Waals surface area contributed by atoms with Crippen molar-refractivity contribution in [3.8, 4) is 21.8 Å². The Bertz CT molecular complexity index is 1080. The van der Waals surface area contributed by atoms with Gasteiger partial charge in [0.1, 0.15) is 9.88 Å². The maximum absolute atomic E-state index is 12.9. The molecule has 158 valence electrons. The SMILES string of the molecule is CCS(=O)(=O)N(C)CCCNC(=O)c1sc(-c2ccccc2)nc1-c1ccccc1. The van der Waals surface area contributed by atoms with Gasteiger partial charge >= 0.3 is 0 Å². The van der Waals surface area contributed by atoms with Crippen molar-refractivity contribution in [3.05, 3.63) is 65.5 Å². The maximum Gasteiger partial charge on any atom is 0.263 e. The third kappa shape index (κ3) is 5.33. The van der Waals surface area contributed by atoms with E-state index in [0.717, 1.165) is 16.1 Å². The summed E-state index contributed by atoms with van der Waals surface area (Å²) in [5.74, 6) is -0.131. The summed E-state index contributed by atoms with van der Waals surface area (Å²) in [5.41, 5.74) is 2.50. The van der Waals surface area contributed by atoms with Gasteiger partial charge in [0, 0.05) is 31.3 Å². The van der Waals surface area contributed by atoms with Gasteiger partial charge in [0.2, 0.25) is 10.0 Å². The smallest absolute Gasteiger partial charge is 0.263 e. The molecule has 0 aliphatic carbocycles. The molecular formula is C22H25N3O3S2. The van der Waals surface area contributed by atoms with Crippen LogP contribution < -0.4 is 5.32 Å². The molecule has 30 heavy (non-hydrogen) atoms. The fourth-order valence-electron chi connectivity index (χ4n) is 2.91. The number of amides is 1. The molecular weight excluding hydrogens is 418 g/mol. The third-order valence-corrected chi connectivity index (χ3v) is 7.64. The summed E-state index contributed by atoms with van der Waals surface area (Å²) >= 11 is 1.36. The zero-order valence-corrected chi connectivity index (χ0v) is 18.7. The quantitative estimate of drug-likeness (QED) is 0.509. The molecule has 3 rings (SSSR count). The number of aromatic nitrogens is 1. The summed E-state index contributed by atoms with van der Waals surface area (Å²) in [6.45, 7) is 2.36. The molecule has 8 heteroatoms. The number of thiazole rings is 1. The van der Waals surface area contributed by atoms with Gasteiger partial charge in [-0.2, -0.15) is 0 Å². The van der Waals surface area contributed by atoms with Crippen LogP contribution in [0, 0.1) is 0 Å². The Labute approximate surface area is 181 Å². The Morgan fingerprint density at radius 1 is 1.03 bits per heavy atom. The topological polar surface area (TPSA) is 79.4 Å².